The molecule has 0 aromatic heterocycles. The molecule has 1 atom stereocenters. The quantitative estimate of drug-likeness (QED) is 0.871. The predicted octanol–water partition coefficient (Wildman–Crippen LogP) is 3.50. The molecule has 4 heteroatoms. The van der Waals surface area contributed by atoms with Gasteiger partial charge in [-0.2, -0.15) is 0 Å². The number of hydrogen-bond acceptors (Lipinski definition) is 3. The number of para-hydroxylation sites is 2. The molecular weight excluding hydrogens is 290 g/mol. The molecule has 1 heterocycles. The zero-order valence-electron chi connectivity index (χ0n) is 13.7. The number of amides is 1. The summed E-state index contributed by atoms with van der Waals surface area (Å²) in [4.78, 5) is 14.4. The molecule has 3 rings (SSSR count). The summed E-state index contributed by atoms with van der Waals surface area (Å²) in [5, 5.41) is 0. The fourth-order valence-corrected chi connectivity index (χ4v) is 2.72. The van der Waals surface area contributed by atoms with Crippen LogP contribution in [0.25, 0.3) is 0 Å². The van der Waals surface area contributed by atoms with Crippen LogP contribution in [0.15, 0.2) is 42.5 Å². The largest absolute Gasteiger partial charge is 0.487 e. The monoisotopic (exact) mass is 311 g/mol. The summed E-state index contributed by atoms with van der Waals surface area (Å²) in [6.45, 7) is 6.55. The lowest BCUT2D eigenvalue weighted by atomic mass is 10.1. The number of aryl methyl sites for hydroxylation is 1. The van der Waals surface area contributed by atoms with Crippen LogP contribution >= 0.6 is 0 Å². The van der Waals surface area contributed by atoms with E-state index in [4.69, 9.17) is 9.47 Å². The van der Waals surface area contributed by atoms with Crippen LogP contribution in [0.2, 0.25) is 0 Å². The first kappa shape index (κ1) is 15.4. The van der Waals surface area contributed by atoms with E-state index in [1.807, 2.05) is 63.2 Å². The molecule has 0 radical (unpaired) electrons. The Morgan fingerprint density at radius 2 is 2.00 bits per heavy atom. The van der Waals surface area contributed by atoms with E-state index in [0.29, 0.717) is 6.54 Å². The van der Waals surface area contributed by atoms with Crippen molar-refractivity contribution in [3.8, 4) is 11.5 Å². The Morgan fingerprint density at radius 3 is 2.83 bits per heavy atom. The van der Waals surface area contributed by atoms with E-state index in [2.05, 4.69) is 0 Å². The fraction of sp³-hybridized carbons (Fsp3) is 0.316. The van der Waals surface area contributed by atoms with Crippen molar-refractivity contribution in [2.24, 2.45) is 0 Å². The maximum Gasteiger partial charge on any atom is 0.265 e. The first-order valence-electron chi connectivity index (χ1n) is 7.81. The number of benzene rings is 2. The molecule has 1 aliphatic heterocycles. The molecular formula is C19H21NO3. The summed E-state index contributed by atoms with van der Waals surface area (Å²) in [7, 11) is 0. The van der Waals surface area contributed by atoms with Gasteiger partial charge in [-0.25, -0.2) is 0 Å². The van der Waals surface area contributed by atoms with Crippen molar-refractivity contribution in [2.75, 3.05) is 18.1 Å². The maximum atomic E-state index is 12.6. The molecule has 0 bridgehead atoms. The Morgan fingerprint density at radius 1 is 1.22 bits per heavy atom. The van der Waals surface area contributed by atoms with Crippen LogP contribution in [-0.4, -0.2) is 25.2 Å². The Kier molecular flexibility index (Phi) is 4.24. The number of fused-ring (bicyclic) bond motifs is 1. The molecule has 4 nitrogen and oxygen atoms in total. The van der Waals surface area contributed by atoms with Gasteiger partial charge in [0.05, 0.1) is 12.2 Å². The SMILES string of the molecule is Cc1cccc(OCC(=O)N2C[C@@H](C)Oc3ccccc32)c1C. The van der Waals surface area contributed by atoms with Crippen LogP contribution in [0.5, 0.6) is 11.5 Å². The summed E-state index contributed by atoms with van der Waals surface area (Å²) < 4.78 is 11.5. The van der Waals surface area contributed by atoms with Gasteiger partial charge in [-0.1, -0.05) is 24.3 Å². The van der Waals surface area contributed by atoms with Gasteiger partial charge in [0.15, 0.2) is 6.61 Å². The molecule has 1 amide bonds. The number of ether oxygens (including phenoxy) is 2. The second-order valence-corrected chi connectivity index (χ2v) is 5.89. The van der Waals surface area contributed by atoms with Crippen LogP contribution in [0.3, 0.4) is 0 Å². The fourth-order valence-electron chi connectivity index (χ4n) is 2.72. The normalized spacial score (nSPS) is 16.5. The molecule has 0 unspecified atom stereocenters. The van der Waals surface area contributed by atoms with Gasteiger partial charge in [0.2, 0.25) is 0 Å². The van der Waals surface area contributed by atoms with Crippen LogP contribution in [0, 0.1) is 13.8 Å². The average molecular weight is 311 g/mol. The highest BCUT2D eigenvalue weighted by molar-refractivity contribution is 5.96. The lowest BCUT2D eigenvalue weighted by Crippen LogP contribution is -2.44. The number of nitrogens with zero attached hydrogens (tertiary/aromatic N) is 1. The predicted molar refractivity (Wildman–Crippen MR) is 90.3 cm³/mol. The van der Waals surface area contributed by atoms with Crippen molar-refractivity contribution in [3.63, 3.8) is 0 Å². The molecule has 0 fully saturated rings. The standard InChI is InChI=1S/C19H21NO3/c1-13-7-6-10-17(15(13)3)22-12-19(21)20-11-14(2)23-18-9-5-4-8-16(18)20/h4-10,14H,11-12H2,1-3H3/t14-/m1/s1. The summed E-state index contributed by atoms with van der Waals surface area (Å²) in [6.07, 6.45) is -0.0328. The Bertz CT molecular complexity index is 726. The van der Waals surface area contributed by atoms with Crippen molar-refractivity contribution >= 4 is 11.6 Å². The highest BCUT2D eigenvalue weighted by Gasteiger charge is 2.27. The van der Waals surface area contributed by atoms with Gasteiger partial charge in [-0.05, 0) is 50.1 Å². The molecule has 2 aromatic carbocycles. The minimum Gasteiger partial charge on any atom is -0.487 e. The summed E-state index contributed by atoms with van der Waals surface area (Å²) >= 11 is 0. The van der Waals surface area contributed by atoms with Crippen LogP contribution in [0.1, 0.15) is 18.1 Å². The number of hydrogen-bond donors (Lipinski definition) is 0. The molecule has 0 aliphatic carbocycles. The lowest BCUT2D eigenvalue weighted by molar-refractivity contribution is -0.121. The summed E-state index contributed by atoms with van der Waals surface area (Å²) in [5.74, 6) is 1.44. The van der Waals surface area contributed by atoms with Gasteiger partial charge in [-0.15, -0.1) is 0 Å². The zero-order valence-corrected chi connectivity index (χ0v) is 13.7. The zero-order chi connectivity index (χ0) is 16.4. The Labute approximate surface area is 136 Å². The van der Waals surface area contributed by atoms with Crippen molar-refractivity contribution in [1.82, 2.24) is 0 Å². The van der Waals surface area contributed by atoms with Crippen molar-refractivity contribution < 1.29 is 14.3 Å². The van der Waals surface area contributed by atoms with E-state index in [0.717, 1.165) is 28.3 Å². The summed E-state index contributed by atoms with van der Waals surface area (Å²) in [5.41, 5.74) is 3.02. The smallest absolute Gasteiger partial charge is 0.265 e. The first-order chi connectivity index (χ1) is 11.1. The topological polar surface area (TPSA) is 38.8 Å². The van der Waals surface area contributed by atoms with Gasteiger partial charge in [-0.3, -0.25) is 4.79 Å². The van der Waals surface area contributed by atoms with Gasteiger partial charge < -0.3 is 14.4 Å². The van der Waals surface area contributed by atoms with E-state index < -0.39 is 0 Å². The lowest BCUT2D eigenvalue weighted by Gasteiger charge is -2.33. The van der Waals surface area contributed by atoms with E-state index >= 15 is 0 Å². The van der Waals surface area contributed by atoms with E-state index in [9.17, 15) is 4.79 Å². The number of carbonyl (C=O) groups excluding carboxylic acids is 1. The Balaban J connectivity index is 1.75. The highest BCUT2D eigenvalue weighted by atomic mass is 16.5. The third-order valence-corrected chi connectivity index (χ3v) is 4.13. The number of carbonyl (C=O) groups is 1. The molecule has 120 valence electrons. The first-order valence-corrected chi connectivity index (χ1v) is 7.81. The number of anilines is 1. The minimum absolute atomic E-state index is 0.0192. The van der Waals surface area contributed by atoms with Crippen LogP contribution in [-0.2, 0) is 4.79 Å². The van der Waals surface area contributed by atoms with Crippen LogP contribution in [0.4, 0.5) is 5.69 Å². The van der Waals surface area contributed by atoms with Gasteiger partial charge >= 0.3 is 0 Å². The molecule has 1 aliphatic rings. The second-order valence-electron chi connectivity index (χ2n) is 5.89. The Hall–Kier alpha value is -2.49. The van der Waals surface area contributed by atoms with Crippen molar-refractivity contribution in [2.45, 2.75) is 26.9 Å². The molecule has 0 saturated heterocycles. The molecule has 0 spiro atoms. The molecule has 2 aromatic rings. The van der Waals surface area contributed by atoms with Gasteiger partial charge in [0.25, 0.3) is 5.91 Å². The maximum absolute atomic E-state index is 12.6. The van der Waals surface area contributed by atoms with Crippen molar-refractivity contribution in [3.05, 3.63) is 53.6 Å². The number of rotatable bonds is 3. The van der Waals surface area contributed by atoms with Gasteiger partial charge in [0.1, 0.15) is 17.6 Å². The average Bonchev–Trinajstić information content (AvgIpc) is 2.55. The highest BCUT2D eigenvalue weighted by Crippen LogP contribution is 2.33. The van der Waals surface area contributed by atoms with Crippen molar-refractivity contribution in [1.29, 1.82) is 0 Å². The third-order valence-electron chi connectivity index (χ3n) is 4.13. The van der Waals surface area contributed by atoms with Gasteiger partial charge in [0, 0.05) is 0 Å². The third kappa shape index (κ3) is 3.16. The molecule has 0 saturated carbocycles. The minimum atomic E-state index is -0.0616. The van der Waals surface area contributed by atoms with E-state index in [1.165, 1.54) is 0 Å². The second kappa shape index (κ2) is 6.32. The van der Waals surface area contributed by atoms with Crippen LogP contribution < -0.4 is 14.4 Å². The molecule has 23 heavy (non-hydrogen) atoms. The molecule has 0 N–H and O–H groups in total. The van der Waals surface area contributed by atoms with E-state index in [1.54, 1.807) is 4.90 Å². The van der Waals surface area contributed by atoms with E-state index in [-0.39, 0.29) is 18.6 Å². The summed E-state index contributed by atoms with van der Waals surface area (Å²) in [6, 6.07) is 13.5.